The van der Waals surface area contributed by atoms with Crippen LogP contribution in [-0.4, -0.2) is 30.5 Å². The van der Waals surface area contributed by atoms with E-state index in [2.05, 4.69) is 32.3 Å². The van der Waals surface area contributed by atoms with Gasteiger partial charge in [-0.2, -0.15) is 11.8 Å². The van der Waals surface area contributed by atoms with Gasteiger partial charge in [0.05, 0.1) is 0 Å². The molecule has 0 bridgehead atoms. The fourth-order valence-electron chi connectivity index (χ4n) is 1.18. The molecule has 0 aromatic heterocycles. The van der Waals surface area contributed by atoms with Crippen molar-refractivity contribution in [3.8, 4) is 0 Å². The summed E-state index contributed by atoms with van der Waals surface area (Å²) in [4.78, 5) is 11.5. The molecule has 0 saturated heterocycles. The molecule has 0 rings (SSSR count). The van der Waals surface area contributed by atoms with Gasteiger partial charge in [0.2, 0.25) is 5.91 Å². The Balaban J connectivity index is 3.59. The summed E-state index contributed by atoms with van der Waals surface area (Å²) in [5.74, 6) is 1.24. The van der Waals surface area contributed by atoms with E-state index in [4.69, 9.17) is 5.73 Å². The van der Waals surface area contributed by atoms with Crippen LogP contribution >= 0.6 is 11.8 Å². The highest BCUT2D eigenvalue weighted by molar-refractivity contribution is 7.98. The average Bonchev–Trinajstić information content (AvgIpc) is 2.16. The zero-order chi connectivity index (χ0) is 12.6. The zero-order valence-corrected chi connectivity index (χ0v) is 11.8. The van der Waals surface area contributed by atoms with Crippen molar-refractivity contribution in [3.05, 3.63) is 0 Å². The van der Waals surface area contributed by atoms with Gasteiger partial charge in [0.25, 0.3) is 0 Å². The number of carbonyl (C=O) groups excluding carboxylic acids is 1. The predicted octanol–water partition coefficient (Wildman–Crippen LogP) is 2.01. The molecule has 0 aliphatic rings. The van der Waals surface area contributed by atoms with Crippen molar-refractivity contribution in [2.24, 2.45) is 11.1 Å². The first-order chi connectivity index (χ1) is 7.38. The third-order valence-electron chi connectivity index (χ3n) is 2.62. The van der Waals surface area contributed by atoms with E-state index in [9.17, 15) is 4.79 Å². The van der Waals surface area contributed by atoms with Crippen LogP contribution in [-0.2, 0) is 4.79 Å². The van der Waals surface area contributed by atoms with Gasteiger partial charge >= 0.3 is 0 Å². The minimum atomic E-state index is -0.0707. The van der Waals surface area contributed by atoms with Crippen LogP contribution in [0.3, 0.4) is 0 Å². The number of nitrogens with two attached hydrogens (primary N) is 1. The minimum absolute atomic E-state index is 0.00378. The Labute approximate surface area is 104 Å². The van der Waals surface area contributed by atoms with E-state index in [-0.39, 0.29) is 17.4 Å². The summed E-state index contributed by atoms with van der Waals surface area (Å²) in [6.07, 6.45) is 4.73. The maximum absolute atomic E-state index is 11.5. The summed E-state index contributed by atoms with van der Waals surface area (Å²) in [6, 6.07) is -0.0707. The van der Waals surface area contributed by atoms with E-state index in [0.717, 1.165) is 25.1 Å². The normalized spacial score (nSPS) is 13.6. The van der Waals surface area contributed by atoms with Crippen LogP contribution in [0, 0.1) is 5.41 Å². The van der Waals surface area contributed by atoms with Crippen molar-refractivity contribution < 1.29 is 4.79 Å². The Kier molecular flexibility index (Phi) is 7.85. The predicted molar refractivity (Wildman–Crippen MR) is 72.7 cm³/mol. The summed E-state index contributed by atoms with van der Waals surface area (Å²) in [5, 5.41) is 2.92. The van der Waals surface area contributed by atoms with Crippen molar-refractivity contribution in [3.63, 3.8) is 0 Å². The number of rotatable bonds is 7. The molecule has 16 heavy (non-hydrogen) atoms. The van der Waals surface area contributed by atoms with Gasteiger partial charge in [-0.3, -0.25) is 4.79 Å². The van der Waals surface area contributed by atoms with Gasteiger partial charge in [-0.05, 0) is 30.3 Å². The lowest BCUT2D eigenvalue weighted by Gasteiger charge is -2.26. The third-order valence-corrected chi connectivity index (χ3v) is 3.31. The lowest BCUT2D eigenvalue weighted by atomic mass is 9.85. The van der Waals surface area contributed by atoms with Crippen molar-refractivity contribution in [2.75, 3.05) is 18.6 Å². The lowest BCUT2D eigenvalue weighted by Crippen LogP contribution is -2.40. The molecule has 1 unspecified atom stereocenters. The molecule has 3 nitrogen and oxygen atoms in total. The quantitative estimate of drug-likeness (QED) is 0.676. The molecule has 0 saturated carbocycles. The van der Waals surface area contributed by atoms with Crippen LogP contribution in [0.25, 0.3) is 0 Å². The Morgan fingerprint density at radius 3 is 2.50 bits per heavy atom. The van der Waals surface area contributed by atoms with E-state index < -0.39 is 0 Å². The summed E-state index contributed by atoms with van der Waals surface area (Å²) < 4.78 is 0. The highest BCUT2D eigenvalue weighted by atomic mass is 32.2. The molecule has 0 aliphatic carbocycles. The van der Waals surface area contributed by atoms with Crippen LogP contribution in [0.5, 0.6) is 0 Å². The maximum Gasteiger partial charge on any atom is 0.221 e. The Hall–Kier alpha value is -0.220. The van der Waals surface area contributed by atoms with Crippen LogP contribution in [0.1, 0.15) is 40.0 Å². The van der Waals surface area contributed by atoms with Gasteiger partial charge in [-0.1, -0.05) is 20.8 Å². The maximum atomic E-state index is 11.5. The van der Waals surface area contributed by atoms with E-state index in [1.807, 2.05) is 11.8 Å². The Morgan fingerprint density at radius 1 is 1.38 bits per heavy atom. The highest BCUT2D eigenvalue weighted by Gasteiger charge is 2.22. The third kappa shape index (κ3) is 7.99. The van der Waals surface area contributed by atoms with Crippen LogP contribution in [0.15, 0.2) is 0 Å². The Morgan fingerprint density at radius 2 is 2.00 bits per heavy atom. The highest BCUT2D eigenvalue weighted by Crippen LogP contribution is 2.19. The fraction of sp³-hybridized carbons (Fsp3) is 0.917. The summed E-state index contributed by atoms with van der Waals surface area (Å²) in [6.45, 7) is 6.95. The number of thioether (sulfide) groups is 1. The largest absolute Gasteiger partial charge is 0.356 e. The van der Waals surface area contributed by atoms with Crippen LogP contribution in [0.4, 0.5) is 0 Å². The van der Waals surface area contributed by atoms with Gasteiger partial charge < -0.3 is 11.1 Å². The number of nitrogens with one attached hydrogen (secondary N) is 1. The molecular formula is C12H26N2OS. The smallest absolute Gasteiger partial charge is 0.221 e. The summed E-state index contributed by atoms with van der Waals surface area (Å²) in [5.41, 5.74) is 5.94. The Bertz CT molecular complexity index is 202. The topological polar surface area (TPSA) is 55.1 Å². The number of unbranched alkanes of at least 4 members (excludes halogenated alkanes) is 1. The summed E-state index contributed by atoms with van der Waals surface area (Å²) >= 11 is 1.84. The second kappa shape index (κ2) is 7.96. The fourth-order valence-corrected chi connectivity index (χ4v) is 1.67. The second-order valence-corrected chi connectivity index (χ2v) is 6.21. The molecular weight excluding hydrogens is 220 g/mol. The first-order valence-corrected chi connectivity index (χ1v) is 7.28. The van der Waals surface area contributed by atoms with Gasteiger partial charge in [0.1, 0.15) is 0 Å². The average molecular weight is 246 g/mol. The molecule has 0 heterocycles. The van der Waals surface area contributed by atoms with E-state index in [0.29, 0.717) is 6.42 Å². The lowest BCUT2D eigenvalue weighted by molar-refractivity contribution is -0.121. The van der Waals surface area contributed by atoms with Crippen LogP contribution < -0.4 is 11.1 Å². The van der Waals surface area contributed by atoms with Crippen molar-refractivity contribution >= 4 is 17.7 Å². The summed E-state index contributed by atoms with van der Waals surface area (Å²) in [7, 11) is 0. The molecule has 0 spiro atoms. The number of carbonyl (C=O) groups is 1. The van der Waals surface area contributed by atoms with Crippen molar-refractivity contribution in [2.45, 2.75) is 46.1 Å². The molecule has 0 aromatic rings. The molecule has 1 atom stereocenters. The van der Waals surface area contributed by atoms with Crippen LogP contribution in [0.2, 0.25) is 0 Å². The van der Waals surface area contributed by atoms with E-state index >= 15 is 0 Å². The SMILES string of the molecule is CSCCCCNC(=O)CC(N)C(C)(C)C. The molecule has 0 aromatic carbocycles. The first kappa shape index (κ1) is 15.8. The van der Waals surface area contributed by atoms with Crippen molar-refractivity contribution in [1.82, 2.24) is 5.32 Å². The molecule has 3 N–H and O–H groups in total. The number of hydrogen-bond donors (Lipinski definition) is 2. The standard InChI is InChI=1S/C12H26N2OS/c1-12(2,3)10(13)9-11(15)14-7-5-6-8-16-4/h10H,5-9,13H2,1-4H3,(H,14,15). The van der Waals surface area contributed by atoms with Gasteiger partial charge in [-0.15, -0.1) is 0 Å². The zero-order valence-electron chi connectivity index (χ0n) is 11.0. The first-order valence-electron chi connectivity index (χ1n) is 5.89. The molecule has 1 amide bonds. The van der Waals surface area contributed by atoms with Gasteiger partial charge in [0.15, 0.2) is 0 Å². The molecule has 0 fully saturated rings. The van der Waals surface area contributed by atoms with Gasteiger partial charge in [-0.25, -0.2) is 0 Å². The minimum Gasteiger partial charge on any atom is -0.356 e. The number of hydrogen-bond acceptors (Lipinski definition) is 3. The number of amides is 1. The van der Waals surface area contributed by atoms with Gasteiger partial charge in [0, 0.05) is 19.0 Å². The van der Waals surface area contributed by atoms with E-state index in [1.165, 1.54) is 0 Å². The molecule has 0 aliphatic heterocycles. The van der Waals surface area contributed by atoms with E-state index in [1.54, 1.807) is 0 Å². The van der Waals surface area contributed by atoms with Crippen molar-refractivity contribution in [1.29, 1.82) is 0 Å². The molecule has 0 radical (unpaired) electrons. The molecule has 96 valence electrons. The monoisotopic (exact) mass is 246 g/mol. The second-order valence-electron chi connectivity index (χ2n) is 5.23. The molecule has 4 heteroatoms.